The number of ether oxygens (including phenoxy) is 1. The minimum atomic E-state index is -1.21. The van der Waals surface area contributed by atoms with Crippen molar-refractivity contribution < 1.29 is 14.6 Å². The summed E-state index contributed by atoms with van der Waals surface area (Å²) in [4.78, 5) is 17.5. The number of carbonyl (C=O) groups is 1. The largest absolute Gasteiger partial charge is 0.475 e. The molecule has 136 valence electrons. The van der Waals surface area contributed by atoms with Gasteiger partial charge in [-0.1, -0.05) is 48.5 Å². The average molecular weight is 353 g/mol. The zero-order valence-corrected chi connectivity index (χ0v) is 14.7. The summed E-state index contributed by atoms with van der Waals surface area (Å²) in [6.45, 7) is 0.712. The molecule has 0 spiro atoms. The number of piperidine rings is 1. The Morgan fingerprint density at radius 3 is 2.58 bits per heavy atom. The van der Waals surface area contributed by atoms with E-state index < -0.39 is 5.97 Å². The molecule has 6 heteroatoms. The highest BCUT2D eigenvalue weighted by atomic mass is 16.5. The van der Waals surface area contributed by atoms with E-state index in [9.17, 15) is 4.79 Å². The van der Waals surface area contributed by atoms with E-state index in [1.165, 1.54) is 0 Å². The van der Waals surface area contributed by atoms with Gasteiger partial charge in [-0.2, -0.15) is 0 Å². The smallest absolute Gasteiger partial charge is 0.371 e. The Hall–Kier alpha value is -2.86. The van der Waals surface area contributed by atoms with Gasteiger partial charge in [0.15, 0.2) is 0 Å². The van der Waals surface area contributed by atoms with Crippen molar-refractivity contribution in [3.05, 3.63) is 54.6 Å². The summed E-state index contributed by atoms with van der Waals surface area (Å²) in [7, 11) is 1.67. The highest BCUT2D eigenvalue weighted by Gasteiger charge is 2.30. The van der Waals surface area contributed by atoms with Crippen molar-refractivity contribution in [2.24, 2.45) is 10.7 Å². The van der Waals surface area contributed by atoms with Gasteiger partial charge in [0.25, 0.3) is 0 Å². The van der Waals surface area contributed by atoms with Gasteiger partial charge in [0.05, 0.1) is 6.10 Å². The fourth-order valence-corrected chi connectivity index (χ4v) is 3.33. The molecule has 26 heavy (non-hydrogen) atoms. The second kappa shape index (κ2) is 8.01. The summed E-state index contributed by atoms with van der Waals surface area (Å²) in [6, 6.07) is 18.2. The number of nitrogens with zero attached hydrogens (tertiary/aromatic N) is 2. The Bertz CT molecular complexity index is 792. The van der Waals surface area contributed by atoms with Crippen LogP contribution < -0.4 is 10.6 Å². The van der Waals surface area contributed by atoms with Gasteiger partial charge in [-0.05, 0) is 18.1 Å². The lowest BCUT2D eigenvalue weighted by Gasteiger charge is -2.39. The number of amidine groups is 1. The third-order valence-electron chi connectivity index (χ3n) is 4.66. The minimum absolute atomic E-state index is 0.0329. The molecule has 1 aliphatic heterocycles. The zero-order valence-electron chi connectivity index (χ0n) is 14.7. The van der Waals surface area contributed by atoms with Gasteiger partial charge in [0.1, 0.15) is 6.17 Å². The van der Waals surface area contributed by atoms with E-state index in [2.05, 4.69) is 28.1 Å². The molecule has 1 fully saturated rings. The lowest BCUT2D eigenvalue weighted by atomic mass is 9.99. The SMILES string of the molecule is COC1CCN(c2ccccc2-c2ccccc2)C(/N=C(\N)C(=O)O)C1. The summed E-state index contributed by atoms with van der Waals surface area (Å²) in [5.41, 5.74) is 8.80. The lowest BCUT2D eigenvalue weighted by Crippen LogP contribution is -2.45. The summed E-state index contributed by atoms with van der Waals surface area (Å²) in [6.07, 6.45) is 1.09. The number of carboxylic acids is 1. The van der Waals surface area contributed by atoms with Gasteiger partial charge in [0.2, 0.25) is 5.84 Å². The number of hydrogen-bond donors (Lipinski definition) is 2. The predicted octanol–water partition coefficient (Wildman–Crippen LogP) is 2.74. The maximum atomic E-state index is 11.2. The van der Waals surface area contributed by atoms with Crippen molar-refractivity contribution in [1.82, 2.24) is 0 Å². The highest BCUT2D eigenvalue weighted by Crippen LogP contribution is 2.35. The van der Waals surface area contributed by atoms with Crippen LogP contribution in [0.3, 0.4) is 0 Å². The molecule has 2 unspecified atom stereocenters. The van der Waals surface area contributed by atoms with Crippen LogP contribution in [0.4, 0.5) is 5.69 Å². The minimum Gasteiger partial charge on any atom is -0.475 e. The Morgan fingerprint density at radius 2 is 1.88 bits per heavy atom. The molecule has 0 aromatic heterocycles. The van der Waals surface area contributed by atoms with Gasteiger partial charge in [0, 0.05) is 31.3 Å². The van der Waals surface area contributed by atoms with Gasteiger partial charge in [-0.15, -0.1) is 0 Å². The molecule has 1 heterocycles. The monoisotopic (exact) mass is 353 g/mol. The molecule has 1 aliphatic rings. The molecule has 0 aliphatic carbocycles. The van der Waals surface area contributed by atoms with E-state index >= 15 is 0 Å². The van der Waals surface area contributed by atoms with E-state index in [0.29, 0.717) is 13.0 Å². The Balaban J connectivity index is 2.01. The molecule has 0 saturated carbocycles. The van der Waals surface area contributed by atoms with Crippen molar-refractivity contribution in [2.45, 2.75) is 25.1 Å². The van der Waals surface area contributed by atoms with Gasteiger partial charge >= 0.3 is 5.97 Å². The van der Waals surface area contributed by atoms with E-state index in [-0.39, 0.29) is 18.1 Å². The number of para-hydroxylation sites is 1. The zero-order chi connectivity index (χ0) is 18.5. The standard InChI is InChI=1S/C20H23N3O3/c1-26-15-11-12-23(18(13-15)22-19(21)20(24)25)17-10-6-5-9-16(17)14-7-3-2-4-8-14/h2-10,15,18H,11-13H2,1H3,(H2,21,22)(H,24,25). The number of methoxy groups -OCH3 is 1. The van der Waals surface area contributed by atoms with Crippen LogP contribution in [0.25, 0.3) is 11.1 Å². The summed E-state index contributed by atoms with van der Waals surface area (Å²) in [5, 5.41) is 9.12. The van der Waals surface area contributed by atoms with Crippen molar-refractivity contribution in [1.29, 1.82) is 0 Å². The second-order valence-electron chi connectivity index (χ2n) is 6.26. The first-order valence-electron chi connectivity index (χ1n) is 8.60. The third kappa shape index (κ3) is 3.86. The number of carboxylic acid groups (broad SMARTS) is 1. The number of aliphatic carboxylic acids is 1. The first-order valence-corrected chi connectivity index (χ1v) is 8.60. The Kier molecular flexibility index (Phi) is 5.53. The number of hydrogen-bond acceptors (Lipinski definition) is 4. The molecule has 2 atom stereocenters. The topological polar surface area (TPSA) is 88.1 Å². The van der Waals surface area contributed by atoms with Crippen LogP contribution in [0.2, 0.25) is 0 Å². The number of aliphatic imine (C=N–C) groups is 1. The lowest BCUT2D eigenvalue weighted by molar-refractivity contribution is -0.129. The Morgan fingerprint density at radius 1 is 1.19 bits per heavy atom. The van der Waals surface area contributed by atoms with Crippen molar-refractivity contribution in [2.75, 3.05) is 18.6 Å². The molecule has 2 aromatic rings. The van der Waals surface area contributed by atoms with Gasteiger partial charge in [-0.25, -0.2) is 9.79 Å². The first-order chi connectivity index (χ1) is 12.6. The molecular formula is C20H23N3O3. The van der Waals surface area contributed by atoms with Crippen LogP contribution in [-0.2, 0) is 9.53 Å². The van der Waals surface area contributed by atoms with Gasteiger partial charge in [-0.3, -0.25) is 0 Å². The highest BCUT2D eigenvalue weighted by molar-refractivity contribution is 6.33. The quantitative estimate of drug-likeness (QED) is 0.652. The predicted molar refractivity (Wildman–Crippen MR) is 102 cm³/mol. The van der Waals surface area contributed by atoms with Crippen LogP contribution in [0.1, 0.15) is 12.8 Å². The molecular weight excluding hydrogens is 330 g/mol. The first kappa shape index (κ1) is 17.9. The van der Waals surface area contributed by atoms with Crippen LogP contribution in [-0.4, -0.2) is 42.8 Å². The maximum Gasteiger partial charge on any atom is 0.371 e. The number of nitrogens with two attached hydrogens (primary N) is 1. The fraction of sp³-hybridized carbons (Fsp3) is 0.300. The van der Waals surface area contributed by atoms with E-state index in [1.807, 2.05) is 36.4 Å². The van der Waals surface area contributed by atoms with E-state index in [0.717, 1.165) is 23.2 Å². The normalized spacial score (nSPS) is 20.8. The van der Waals surface area contributed by atoms with Crippen molar-refractivity contribution >= 4 is 17.5 Å². The molecule has 0 amide bonds. The van der Waals surface area contributed by atoms with Crippen molar-refractivity contribution in [3.8, 4) is 11.1 Å². The molecule has 1 saturated heterocycles. The van der Waals surface area contributed by atoms with E-state index in [4.69, 9.17) is 15.6 Å². The summed E-state index contributed by atoms with van der Waals surface area (Å²) < 4.78 is 5.48. The number of rotatable bonds is 4. The molecule has 6 nitrogen and oxygen atoms in total. The molecule has 3 N–H and O–H groups in total. The van der Waals surface area contributed by atoms with Crippen LogP contribution >= 0.6 is 0 Å². The molecule has 0 radical (unpaired) electrons. The van der Waals surface area contributed by atoms with Crippen molar-refractivity contribution in [3.63, 3.8) is 0 Å². The summed E-state index contributed by atoms with van der Waals surface area (Å²) >= 11 is 0. The third-order valence-corrected chi connectivity index (χ3v) is 4.66. The van der Waals surface area contributed by atoms with Crippen LogP contribution in [0.15, 0.2) is 59.6 Å². The van der Waals surface area contributed by atoms with Crippen LogP contribution in [0.5, 0.6) is 0 Å². The second-order valence-corrected chi connectivity index (χ2v) is 6.26. The van der Waals surface area contributed by atoms with E-state index in [1.54, 1.807) is 7.11 Å². The maximum absolute atomic E-state index is 11.2. The number of benzene rings is 2. The van der Waals surface area contributed by atoms with Gasteiger partial charge < -0.3 is 20.5 Å². The average Bonchev–Trinajstić information content (AvgIpc) is 2.68. The molecule has 3 rings (SSSR count). The summed E-state index contributed by atoms with van der Waals surface area (Å²) in [5.74, 6) is -1.59. The molecule has 0 bridgehead atoms. The Labute approximate surface area is 152 Å². The number of anilines is 1. The molecule has 2 aromatic carbocycles. The van der Waals surface area contributed by atoms with Crippen LogP contribution in [0, 0.1) is 0 Å². The fourth-order valence-electron chi connectivity index (χ4n) is 3.33.